The zero-order chi connectivity index (χ0) is 22.7. The van der Waals surface area contributed by atoms with Crippen LogP contribution in [-0.4, -0.2) is 20.2 Å². The molecule has 2 heterocycles. The molecule has 0 saturated carbocycles. The molecule has 9 heteroatoms. The Morgan fingerprint density at radius 3 is 2.47 bits per heavy atom. The highest BCUT2D eigenvalue weighted by Gasteiger charge is 2.16. The molecule has 164 valence electrons. The van der Waals surface area contributed by atoms with E-state index in [1.807, 2.05) is 37.3 Å². The minimum Gasteiger partial charge on any atom is -0.301 e. The fourth-order valence-corrected chi connectivity index (χ4v) is 4.56. The molecule has 0 spiro atoms. The first-order valence-corrected chi connectivity index (χ1v) is 11.3. The second-order valence-electron chi connectivity index (χ2n) is 7.12. The van der Waals surface area contributed by atoms with Crippen LogP contribution in [0.4, 0.5) is 8.78 Å². The monoisotopic (exact) mass is 472 g/mol. The van der Waals surface area contributed by atoms with Crippen molar-refractivity contribution in [2.75, 3.05) is 0 Å². The Balaban J connectivity index is 1.57. The minimum absolute atomic E-state index is 0.149. The molecular weight excluding hydrogens is 454 g/mol. The number of halogens is 3. The molecule has 0 fully saturated rings. The molecule has 0 radical (unpaired) electrons. The zero-order valence-electron chi connectivity index (χ0n) is 17.1. The van der Waals surface area contributed by atoms with E-state index in [0.29, 0.717) is 44.9 Å². The van der Waals surface area contributed by atoms with Crippen molar-refractivity contribution < 1.29 is 8.78 Å². The Morgan fingerprint density at radius 2 is 1.78 bits per heavy atom. The standard InChI is InChI=1S/C23H19ClF2N4OS/c1-2-17-18(10-13-8-15(25)11-16(26)9-13)27-23(28-22(17)31)32-12-19-20(24)21(30-29-19)14-6-4-3-5-7-14/h3-9,11H,2,10,12H2,1H3,(H,29,30)(H,27,28,31). The minimum atomic E-state index is -0.667. The summed E-state index contributed by atoms with van der Waals surface area (Å²) >= 11 is 7.78. The van der Waals surface area contributed by atoms with E-state index < -0.39 is 11.6 Å². The van der Waals surface area contributed by atoms with Gasteiger partial charge in [-0.05, 0) is 24.1 Å². The van der Waals surface area contributed by atoms with E-state index in [0.717, 1.165) is 17.3 Å². The van der Waals surface area contributed by atoms with Gasteiger partial charge in [-0.15, -0.1) is 0 Å². The molecule has 0 saturated heterocycles. The third kappa shape index (κ3) is 4.92. The highest BCUT2D eigenvalue weighted by Crippen LogP contribution is 2.31. The van der Waals surface area contributed by atoms with Crippen LogP contribution in [-0.2, 0) is 18.6 Å². The third-order valence-corrected chi connectivity index (χ3v) is 6.20. The fourth-order valence-electron chi connectivity index (χ4n) is 3.40. The number of rotatable bonds is 7. The summed E-state index contributed by atoms with van der Waals surface area (Å²) in [5, 5.41) is 8.14. The number of benzene rings is 2. The highest BCUT2D eigenvalue weighted by molar-refractivity contribution is 7.98. The molecule has 0 amide bonds. The van der Waals surface area contributed by atoms with E-state index >= 15 is 0 Å². The van der Waals surface area contributed by atoms with Gasteiger partial charge in [0.1, 0.15) is 11.6 Å². The van der Waals surface area contributed by atoms with Gasteiger partial charge in [0.25, 0.3) is 5.56 Å². The lowest BCUT2D eigenvalue weighted by Crippen LogP contribution is -2.18. The number of aromatic nitrogens is 4. The maximum atomic E-state index is 13.6. The van der Waals surface area contributed by atoms with Crippen LogP contribution in [0.15, 0.2) is 58.5 Å². The van der Waals surface area contributed by atoms with Crippen molar-refractivity contribution in [2.45, 2.75) is 30.7 Å². The Hall–Kier alpha value is -2.97. The molecule has 4 aromatic rings. The van der Waals surface area contributed by atoms with Gasteiger partial charge >= 0.3 is 0 Å². The number of nitrogens with one attached hydrogen (secondary N) is 2. The summed E-state index contributed by atoms with van der Waals surface area (Å²) < 4.78 is 27.2. The normalized spacial score (nSPS) is 11.1. The van der Waals surface area contributed by atoms with Crippen molar-refractivity contribution in [1.82, 2.24) is 20.2 Å². The Morgan fingerprint density at radius 1 is 1.06 bits per heavy atom. The van der Waals surface area contributed by atoms with Crippen LogP contribution in [0.2, 0.25) is 5.02 Å². The number of H-pyrrole nitrogens is 2. The van der Waals surface area contributed by atoms with Crippen molar-refractivity contribution in [3.05, 3.63) is 98.1 Å². The SMILES string of the molecule is CCc1c(Cc2cc(F)cc(F)c2)nc(SCc2n[nH]c(-c3ccccc3)c2Cl)[nH]c1=O. The third-order valence-electron chi connectivity index (χ3n) is 4.91. The molecule has 0 aliphatic rings. The van der Waals surface area contributed by atoms with Crippen molar-refractivity contribution in [2.24, 2.45) is 0 Å². The molecule has 5 nitrogen and oxygen atoms in total. The lowest BCUT2D eigenvalue weighted by Gasteiger charge is -2.09. The number of nitrogens with zero attached hydrogens (tertiary/aromatic N) is 2. The first-order chi connectivity index (χ1) is 15.4. The lowest BCUT2D eigenvalue weighted by atomic mass is 10.0. The van der Waals surface area contributed by atoms with Gasteiger partial charge in [0.15, 0.2) is 5.16 Å². The highest BCUT2D eigenvalue weighted by atomic mass is 35.5. The first kappa shape index (κ1) is 22.2. The quantitative estimate of drug-likeness (QED) is 0.273. The molecule has 2 aromatic carbocycles. The Kier molecular flexibility index (Phi) is 6.72. The van der Waals surface area contributed by atoms with Crippen LogP contribution >= 0.6 is 23.4 Å². The van der Waals surface area contributed by atoms with Crippen molar-refractivity contribution >= 4 is 23.4 Å². The lowest BCUT2D eigenvalue weighted by molar-refractivity contribution is 0.580. The number of aromatic amines is 2. The molecular formula is C23H19ClF2N4OS. The average molecular weight is 473 g/mol. The van der Waals surface area contributed by atoms with Gasteiger partial charge in [-0.1, -0.05) is 60.6 Å². The van der Waals surface area contributed by atoms with E-state index in [9.17, 15) is 13.6 Å². The smallest absolute Gasteiger partial charge is 0.254 e. The molecule has 0 aliphatic heterocycles. The predicted octanol–water partition coefficient (Wildman–Crippen LogP) is 5.54. The summed E-state index contributed by atoms with van der Waals surface area (Å²) in [5.74, 6) is -0.954. The molecule has 32 heavy (non-hydrogen) atoms. The summed E-state index contributed by atoms with van der Waals surface area (Å²) in [6, 6.07) is 12.9. The average Bonchev–Trinajstić information content (AvgIpc) is 3.12. The van der Waals surface area contributed by atoms with Crippen LogP contribution in [0, 0.1) is 11.6 Å². The van der Waals surface area contributed by atoms with E-state index in [-0.39, 0.29) is 12.0 Å². The number of thioether (sulfide) groups is 1. The summed E-state index contributed by atoms with van der Waals surface area (Å²) in [6.45, 7) is 1.84. The van der Waals surface area contributed by atoms with Crippen molar-refractivity contribution in [1.29, 1.82) is 0 Å². The van der Waals surface area contributed by atoms with E-state index in [1.54, 1.807) is 0 Å². The fraction of sp³-hybridized carbons (Fsp3) is 0.174. The maximum Gasteiger partial charge on any atom is 0.254 e. The molecule has 0 aliphatic carbocycles. The van der Waals surface area contributed by atoms with Gasteiger partial charge in [-0.3, -0.25) is 9.89 Å². The first-order valence-electron chi connectivity index (χ1n) is 9.92. The topological polar surface area (TPSA) is 74.4 Å². The molecule has 0 bridgehead atoms. The molecule has 4 rings (SSSR count). The van der Waals surface area contributed by atoms with Gasteiger partial charge < -0.3 is 4.98 Å². The maximum absolute atomic E-state index is 13.6. The Labute approximate surface area is 192 Å². The van der Waals surface area contributed by atoms with E-state index in [1.165, 1.54) is 23.9 Å². The summed E-state index contributed by atoms with van der Waals surface area (Å²) in [4.78, 5) is 19.9. The van der Waals surface area contributed by atoms with Crippen molar-refractivity contribution in [3.63, 3.8) is 0 Å². The van der Waals surface area contributed by atoms with Gasteiger partial charge in [0.2, 0.25) is 0 Å². The summed E-state index contributed by atoms with van der Waals surface area (Å²) in [6.07, 6.45) is 0.600. The van der Waals surface area contributed by atoms with Gasteiger partial charge in [-0.25, -0.2) is 13.8 Å². The van der Waals surface area contributed by atoms with Crippen LogP contribution < -0.4 is 5.56 Å². The molecule has 0 atom stereocenters. The van der Waals surface area contributed by atoms with Crippen LogP contribution in [0.1, 0.15) is 29.4 Å². The second-order valence-corrected chi connectivity index (χ2v) is 8.46. The van der Waals surface area contributed by atoms with Gasteiger partial charge in [-0.2, -0.15) is 5.10 Å². The van der Waals surface area contributed by atoms with E-state index in [2.05, 4.69) is 20.2 Å². The zero-order valence-corrected chi connectivity index (χ0v) is 18.7. The molecule has 0 unspecified atom stereocenters. The molecule has 2 aromatic heterocycles. The van der Waals surface area contributed by atoms with Gasteiger partial charge in [0, 0.05) is 29.4 Å². The van der Waals surface area contributed by atoms with Crippen LogP contribution in [0.5, 0.6) is 0 Å². The van der Waals surface area contributed by atoms with Gasteiger partial charge in [0.05, 0.1) is 22.1 Å². The van der Waals surface area contributed by atoms with Crippen molar-refractivity contribution in [3.8, 4) is 11.3 Å². The number of hydrogen-bond acceptors (Lipinski definition) is 4. The van der Waals surface area contributed by atoms with Crippen LogP contribution in [0.3, 0.4) is 0 Å². The summed E-state index contributed by atoms with van der Waals surface area (Å²) in [7, 11) is 0. The largest absolute Gasteiger partial charge is 0.301 e. The van der Waals surface area contributed by atoms with Crippen LogP contribution in [0.25, 0.3) is 11.3 Å². The Bertz CT molecular complexity index is 1290. The summed E-state index contributed by atoms with van der Waals surface area (Å²) in [5.41, 5.74) is 3.39. The van der Waals surface area contributed by atoms with E-state index in [4.69, 9.17) is 11.6 Å². The predicted molar refractivity (Wildman–Crippen MR) is 122 cm³/mol. The molecule has 2 N–H and O–H groups in total. The number of hydrogen-bond donors (Lipinski definition) is 2. The second kappa shape index (κ2) is 9.67.